The van der Waals surface area contributed by atoms with Crippen molar-refractivity contribution in [2.75, 3.05) is 7.11 Å². The number of fused-ring (bicyclic) bond motifs is 1. The van der Waals surface area contributed by atoms with Crippen LogP contribution in [0.25, 0.3) is 10.8 Å². The molecule has 0 aliphatic carbocycles. The van der Waals surface area contributed by atoms with Crippen LogP contribution in [0.4, 0.5) is 0 Å². The molecule has 0 atom stereocenters. The highest BCUT2D eigenvalue weighted by Crippen LogP contribution is 2.30. The topological polar surface area (TPSA) is 9.23 Å². The van der Waals surface area contributed by atoms with Gasteiger partial charge in [0, 0.05) is 16.9 Å². The molecule has 2 aromatic carbocycles. The minimum atomic E-state index is 1.19. The summed E-state index contributed by atoms with van der Waals surface area (Å²) < 4.78 is 5.15. The quantitative estimate of drug-likeness (QED) is 0.701. The van der Waals surface area contributed by atoms with E-state index in [0.29, 0.717) is 0 Å². The standard InChI is InChI=1S/C13H14OS/c1-9-4-5-11-6-10(2)8-13(15-14-3)12(11)7-9/h4-8H,1-3H3. The summed E-state index contributed by atoms with van der Waals surface area (Å²) in [4.78, 5) is 1.19. The monoisotopic (exact) mass is 218 g/mol. The minimum Gasteiger partial charge on any atom is -0.314 e. The average molecular weight is 218 g/mol. The van der Waals surface area contributed by atoms with E-state index in [1.807, 2.05) is 0 Å². The zero-order chi connectivity index (χ0) is 10.8. The molecule has 0 aromatic heterocycles. The Balaban J connectivity index is 2.70. The Hall–Kier alpha value is -0.990. The van der Waals surface area contributed by atoms with Gasteiger partial charge in [-0.15, -0.1) is 0 Å². The molecule has 2 rings (SSSR count). The van der Waals surface area contributed by atoms with Gasteiger partial charge in [0.05, 0.1) is 7.11 Å². The fourth-order valence-electron chi connectivity index (χ4n) is 1.74. The highest BCUT2D eigenvalue weighted by Gasteiger charge is 2.03. The first kappa shape index (κ1) is 10.5. The van der Waals surface area contributed by atoms with Crippen LogP contribution in [-0.2, 0) is 4.18 Å². The number of benzene rings is 2. The van der Waals surface area contributed by atoms with Gasteiger partial charge in [0.15, 0.2) is 0 Å². The van der Waals surface area contributed by atoms with Gasteiger partial charge in [-0.05, 0) is 36.2 Å². The summed E-state index contributed by atoms with van der Waals surface area (Å²) in [5.41, 5.74) is 2.55. The molecule has 0 heterocycles. The highest BCUT2D eigenvalue weighted by atomic mass is 32.2. The van der Waals surface area contributed by atoms with Gasteiger partial charge < -0.3 is 4.18 Å². The van der Waals surface area contributed by atoms with Crippen molar-refractivity contribution in [3.05, 3.63) is 41.5 Å². The van der Waals surface area contributed by atoms with Crippen LogP contribution in [0.1, 0.15) is 11.1 Å². The van der Waals surface area contributed by atoms with Crippen molar-refractivity contribution in [3.8, 4) is 0 Å². The van der Waals surface area contributed by atoms with Gasteiger partial charge in [0.2, 0.25) is 0 Å². The molecule has 2 aromatic rings. The van der Waals surface area contributed by atoms with E-state index in [1.54, 1.807) is 7.11 Å². The second-order valence-electron chi connectivity index (χ2n) is 3.74. The van der Waals surface area contributed by atoms with Crippen LogP contribution < -0.4 is 0 Å². The van der Waals surface area contributed by atoms with Gasteiger partial charge >= 0.3 is 0 Å². The molecule has 1 nitrogen and oxygen atoms in total. The summed E-state index contributed by atoms with van der Waals surface area (Å²) in [6.07, 6.45) is 0. The molecule has 0 radical (unpaired) electrons. The lowest BCUT2D eigenvalue weighted by Gasteiger charge is -2.07. The van der Waals surface area contributed by atoms with Gasteiger partial charge in [-0.2, -0.15) is 0 Å². The van der Waals surface area contributed by atoms with Crippen molar-refractivity contribution in [1.82, 2.24) is 0 Å². The van der Waals surface area contributed by atoms with Crippen molar-refractivity contribution >= 4 is 22.8 Å². The predicted molar refractivity (Wildman–Crippen MR) is 66.3 cm³/mol. The van der Waals surface area contributed by atoms with E-state index >= 15 is 0 Å². The molecule has 0 aliphatic heterocycles. The third kappa shape index (κ3) is 2.16. The molecule has 0 spiro atoms. The number of hydrogen-bond acceptors (Lipinski definition) is 2. The minimum absolute atomic E-state index is 1.19. The molecule has 78 valence electrons. The summed E-state index contributed by atoms with van der Waals surface area (Å²) in [6.45, 7) is 4.22. The first-order valence-corrected chi connectivity index (χ1v) is 5.66. The fraction of sp³-hybridized carbons (Fsp3) is 0.231. The van der Waals surface area contributed by atoms with Gasteiger partial charge in [0.1, 0.15) is 0 Å². The van der Waals surface area contributed by atoms with Crippen molar-refractivity contribution in [3.63, 3.8) is 0 Å². The highest BCUT2D eigenvalue weighted by molar-refractivity contribution is 7.94. The smallest absolute Gasteiger partial charge is 0.0508 e. The summed E-state index contributed by atoms with van der Waals surface area (Å²) in [5, 5.41) is 2.55. The third-order valence-electron chi connectivity index (χ3n) is 2.39. The molecule has 0 saturated heterocycles. The molecule has 0 bridgehead atoms. The van der Waals surface area contributed by atoms with Gasteiger partial charge in [-0.25, -0.2) is 0 Å². The lowest BCUT2D eigenvalue weighted by molar-refractivity contribution is 0.490. The van der Waals surface area contributed by atoms with E-state index in [4.69, 9.17) is 4.18 Å². The van der Waals surface area contributed by atoms with Crippen LogP contribution in [0.2, 0.25) is 0 Å². The first-order valence-electron chi connectivity index (χ1n) is 4.92. The molecular formula is C13H14OS. The Kier molecular flexibility index (Phi) is 2.98. The van der Waals surface area contributed by atoms with Crippen molar-refractivity contribution in [2.45, 2.75) is 18.7 Å². The summed E-state index contributed by atoms with van der Waals surface area (Å²) in [7, 11) is 1.70. The average Bonchev–Trinajstić information content (AvgIpc) is 2.19. The van der Waals surface area contributed by atoms with Crippen molar-refractivity contribution < 1.29 is 4.18 Å². The van der Waals surface area contributed by atoms with Crippen LogP contribution in [0, 0.1) is 13.8 Å². The van der Waals surface area contributed by atoms with Crippen molar-refractivity contribution in [1.29, 1.82) is 0 Å². The zero-order valence-electron chi connectivity index (χ0n) is 9.20. The first-order chi connectivity index (χ1) is 7.20. The molecule has 0 fully saturated rings. The van der Waals surface area contributed by atoms with Gasteiger partial charge in [-0.1, -0.05) is 29.8 Å². The van der Waals surface area contributed by atoms with E-state index < -0.39 is 0 Å². The van der Waals surface area contributed by atoms with Crippen LogP contribution in [0.3, 0.4) is 0 Å². The van der Waals surface area contributed by atoms with E-state index in [9.17, 15) is 0 Å². The molecule has 0 unspecified atom stereocenters. The van der Waals surface area contributed by atoms with Crippen LogP contribution >= 0.6 is 12.0 Å². The number of hydrogen-bond donors (Lipinski definition) is 0. The lowest BCUT2D eigenvalue weighted by Crippen LogP contribution is -1.83. The Morgan fingerprint density at radius 3 is 2.53 bits per heavy atom. The van der Waals surface area contributed by atoms with Gasteiger partial charge in [-0.3, -0.25) is 0 Å². The van der Waals surface area contributed by atoms with Crippen LogP contribution in [-0.4, -0.2) is 7.11 Å². The maximum Gasteiger partial charge on any atom is 0.0508 e. The van der Waals surface area contributed by atoms with E-state index in [2.05, 4.69) is 44.2 Å². The maximum absolute atomic E-state index is 5.15. The second kappa shape index (κ2) is 4.25. The SMILES string of the molecule is COSc1cc(C)cc2ccc(C)cc12. The molecule has 15 heavy (non-hydrogen) atoms. The molecular weight excluding hydrogens is 204 g/mol. The van der Waals surface area contributed by atoms with E-state index in [1.165, 1.54) is 38.8 Å². The summed E-state index contributed by atoms with van der Waals surface area (Å²) in [6, 6.07) is 10.9. The molecule has 0 aliphatic rings. The van der Waals surface area contributed by atoms with Crippen LogP contribution in [0.5, 0.6) is 0 Å². The van der Waals surface area contributed by atoms with Gasteiger partial charge in [0.25, 0.3) is 0 Å². The van der Waals surface area contributed by atoms with E-state index in [0.717, 1.165) is 0 Å². The second-order valence-corrected chi connectivity index (χ2v) is 4.68. The zero-order valence-corrected chi connectivity index (χ0v) is 10.0. The fourth-order valence-corrected chi connectivity index (χ4v) is 2.42. The molecule has 2 heteroatoms. The molecule has 0 saturated carbocycles. The van der Waals surface area contributed by atoms with Crippen LogP contribution in [0.15, 0.2) is 35.2 Å². The summed E-state index contributed by atoms with van der Waals surface area (Å²) in [5.74, 6) is 0. The number of rotatable bonds is 2. The number of aryl methyl sites for hydroxylation is 2. The third-order valence-corrected chi connectivity index (χ3v) is 3.07. The maximum atomic E-state index is 5.15. The Morgan fingerprint density at radius 2 is 1.80 bits per heavy atom. The van der Waals surface area contributed by atoms with E-state index in [-0.39, 0.29) is 0 Å². The normalized spacial score (nSPS) is 10.9. The summed E-state index contributed by atoms with van der Waals surface area (Å²) >= 11 is 1.43. The molecule has 0 N–H and O–H groups in total. The Bertz CT molecular complexity index is 491. The Morgan fingerprint density at radius 1 is 1.00 bits per heavy atom. The largest absolute Gasteiger partial charge is 0.314 e. The Labute approximate surface area is 94.7 Å². The predicted octanol–water partition coefficient (Wildman–Crippen LogP) is 4.11. The van der Waals surface area contributed by atoms with Crippen molar-refractivity contribution in [2.24, 2.45) is 0 Å². The lowest BCUT2D eigenvalue weighted by atomic mass is 10.1. The molecule has 0 amide bonds.